The summed E-state index contributed by atoms with van der Waals surface area (Å²) in [6.45, 7) is 2.89. The number of para-hydroxylation sites is 1. The van der Waals surface area contributed by atoms with E-state index in [1.165, 1.54) is 11.8 Å². The Kier molecular flexibility index (Phi) is 5.79. The lowest BCUT2D eigenvalue weighted by molar-refractivity contribution is 0.102. The quantitative estimate of drug-likeness (QED) is 0.241. The molecule has 0 spiro atoms. The molecule has 0 amide bonds. The van der Waals surface area contributed by atoms with E-state index in [1.54, 1.807) is 12.4 Å². The predicted octanol–water partition coefficient (Wildman–Crippen LogP) is 5.49. The first-order valence-corrected chi connectivity index (χ1v) is 11.8. The summed E-state index contributed by atoms with van der Waals surface area (Å²) >= 11 is 1.40. The van der Waals surface area contributed by atoms with Crippen molar-refractivity contribution >= 4 is 28.4 Å². The summed E-state index contributed by atoms with van der Waals surface area (Å²) in [7, 11) is 1.91. The Morgan fingerprint density at radius 3 is 2.45 bits per heavy atom. The van der Waals surface area contributed by atoms with Crippen LogP contribution >= 0.6 is 11.8 Å². The molecule has 0 radical (unpaired) electrons. The Morgan fingerprint density at radius 1 is 0.939 bits per heavy atom. The number of aromatic nitrogens is 5. The molecule has 0 bridgehead atoms. The number of hydrogen-bond donors (Lipinski definition) is 0. The van der Waals surface area contributed by atoms with Crippen molar-refractivity contribution in [2.24, 2.45) is 7.05 Å². The number of carbonyl (C=O) groups is 1. The number of thioether (sulfide) groups is 1. The molecule has 3 heterocycles. The van der Waals surface area contributed by atoms with E-state index < -0.39 is 0 Å². The molecule has 0 saturated heterocycles. The highest BCUT2D eigenvalue weighted by atomic mass is 32.2. The third kappa shape index (κ3) is 3.85. The van der Waals surface area contributed by atoms with Gasteiger partial charge in [0.15, 0.2) is 16.8 Å². The molecular formula is C26H23N5OS. The number of aryl methyl sites for hydroxylation is 1. The van der Waals surface area contributed by atoms with E-state index in [2.05, 4.69) is 44.9 Å². The van der Waals surface area contributed by atoms with E-state index in [9.17, 15) is 4.79 Å². The lowest BCUT2D eigenvalue weighted by atomic mass is 10.0. The zero-order chi connectivity index (χ0) is 22.8. The highest BCUT2D eigenvalue weighted by Gasteiger charge is 2.23. The van der Waals surface area contributed by atoms with Crippen molar-refractivity contribution in [3.05, 3.63) is 84.7 Å². The topological polar surface area (TPSA) is 65.6 Å². The number of hydrogen-bond acceptors (Lipinski definition) is 5. The predicted molar refractivity (Wildman–Crippen MR) is 132 cm³/mol. The van der Waals surface area contributed by atoms with Gasteiger partial charge in [-0.25, -0.2) is 0 Å². The summed E-state index contributed by atoms with van der Waals surface area (Å²) in [4.78, 5) is 17.8. The van der Waals surface area contributed by atoms with Crippen LogP contribution in [-0.2, 0) is 13.6 Å². The van der Waals surface area contributed by atoms with Gasteiger partial charge in [-0.3, -0.25) is 9.78 Å². The molecule has 0 aliphatic carbocycles. The zero-order valence-corrected chi connectivity index (χ0v) is 19.3. The van der Waals surface area contributed by atoms with Crippen LogP contribution in [-0.4, -0.2) is 35.9 Å². The van der Waals surface area contributed by atoms with Crippen LogP contribution < -0.4 is 0 Å². The highest BCUT2D eigenvalue weighted by molar-refractivity contribution is 7.99. The lowest BCUT2D eigenvalue weighted by Crippen LogP contribution is -2.07. The maximum Gasteiger partial charge on any atom is 0.191 e. The van der Waals surface area contributed by atoms with Crippen molar-refractivity contribution in [1.29, 1.82) is 0 Å². The van der Waals surface area contributed by atoms with Crippen molar-refractivity contribution in [3.63, 3.8) is 0 Å². The number of fused-ring (bicyclic) bond motifs is 1. The summed E-state index contributed by atoms with van der Waals surface area (Å²) in [5.41, 5.74) is 4.74. The largest absolute Gasteiger partial charge is 0.340 e. The summed E-state index contributed by atoms with van der Waals surface area (Å²) in [5, 5.41) is 10.3. The number of carbonyl (C=O) groups excluding carboxylic acids is 1. The number of Topliss-reactive ketones (excluding diaryl/α,β-unsaturated/α-hetero) is 1. The molecule has 0 N–H and O–H groups in total. The first-order chi connectivity index (χ1) is 16.2. The highest BCUT2D eigenvalue weighted by Crippen LogP contribution is 2.35. The fourth-order valence-electron chi connectivity index (χ4n) is 4.20. The molecule has 164 valence electrons. The molecule has 0 aliphatic heterocycles. The van der Waals surface area contributed by atoms with Gasteiger partial charge in [0.1, 0.15) is 0 Å². The van der Waals surface area contributed by atoms with Crippen molar-refractivity contribution < 1.29 is 4.79 Å². The van der Waals surface area contributed by atoms with Gasteiger partial charge in [0.2, 0.25) is 0 Å². The van der Waals surface area contributed by atoms with Gasteiger partial charge < -0.3 is 9.13 Å². The SMILES string of the molecule is CCn1c(-c2ccccc2)c(C(=O)CSc2nnc(-c3cccnc3)n2C)c2ccccc21. The Labute approximate surface area is 196 Å². The molecule has 7 heteroatoms. The second-order valence-electron chi connectivity index (χ2n) is 7.67. The van der Waals surface area contributed by atoms with Crippen molar-refractivity contribution in [3.8, 4) is 22.6 Å². The van der Waals surface area contributed by atoms with Crippen molar-refractivity contribution in [2.45, 2.75) is 18.6 Å². The molecule has 0 atom stereocenters. The van der Waals surface area contributed by atoms with Gasteiger partial charge in [-0.15, -0.1) is 10.2 Å². The average Bonchev–Trinajstić information content (AvgIpc) is 3.41. The molecule has 6 nitrogen and oxygen atoms in total. The monoisotopic (exact) mass is 453 g/mol. The van der Waals surface area contributed by atoms with Gasteiger partial charge in [-0.2, -0.15) is 0 Å². The van der Waals surface area contributed by atoms with Gasteiger partial charge in [0, 0.05) is 42.5 Å². The number of pyridine rings is 1. The smallest absolute Gasteiger partial charge is 0.191 e. The second kappa shape index (κ2) is 9.03. The summed E-state index contributed by atoms with van der Waals surface area (Å²) in [6.07, 6.45) is 3.49. The molecule has 0 aliphatic rings. The lowest BCUT2D eigenvalue weighted by Gasteiger charge is -2.10. The van der Waals surface area contributed by atoms with E-state index in [1.807, 2.05) is 60.1 Å². The molecular weight excluding hydrogens is 430 g/mol. The minimum atomic E-state index is 0.0770. The maximum atomic E-state index is 13.6. The normalized spacial score (nSPS) is 11.2. The fourth-order valence-corrected chi connectivity index (χ4v) is 4.98. The molecule has 33 heavy (non-hydrogen) atoms. The number of rotatable bonds is 7. The molecule has 5 aromatic rings. The Balaban J connectivity index is 1.51. The Hall–Kier alpha value is -3.71. The first-order valence-electron chi connectivity index (χ1n) is 10.8. The van der Waals surface area contributed by atoms with Gasteiger partial charge in [-0.05, 0) is 30.7 Å². The standard InChI is InChI=1S/C26H23N5OS/c1-3-31-21-14-8-7-13-20(21)23(24(31)18-10-5-4-6-11-18)22(32)17-33-26-29-28-25(30(26)2)19-12-9-15-27-16-19/h4-16H,3,17H2,1-2H3. The third-order valence-electron chi connectivity index (χ3n) is 5.70. The number of nitrogens with zero attached hydrogens (tertiary/aromatic N) is 5. The van der Waals surface area contributed by atoms with Crippen LogP contribution in [0.4, 0.5) is 0 Å². The summed E-state index contributed by atoms with van der Waals surface area (Å²) < 4.78 is 4.13. The van der Waals surface area contributed by atoms with Crippen LogP contribution in [0.25, 0.3) is 33.5 Å². The van der Waals surface area contributed by atoms with Crippen molar-refractivity contribution in [2.75, 3.05) is 5.75 Å². The van der Waals surface area contributed by atoms with Crippen LogP contribution in [0, 0.1) is 0 Å². The Bertz CT molecular complexity index is 1420. The Morgan fingerprint density at radius 2 is 1.70 bits per heavy atom. The van der Waals surface area contributed by atoms with Crippen LogP contribution in [0.15, 0.2) is 84.3 Å². The molecule has 0 unspecified atom stereocenters. The van der Waals surface area contributed by atoms with Crippen LogP contribution in [0.2, 0.25) is 0 Å². The fraction of sp³-hybridized carbons (Fsp3) is 0.154. The number of benzene rings is 2. The van der Waals surface area contributed by atoms with Gasteiger partial charge in [0.25, 0.3) is 0 Å². The molecule has 0 fully saturated rings. The van der Waals surface area contributed by atoms with Crippen LogP contribution in [0.1, 0.15) is 17.3 Å². The zero-order valence-electron chi connectivity index (χ0n) is 18.5. The van der Waals surface area contributed by atoms with Crippen LogP contribution in [0.3, 0.4) is 0 Å². The number of ketones is 1. The summed E-state index contributed by atoms with van der Waals surface area (Å²) in [6, 6.07) is 22.1. The van der Waals surface area contributed by atoms with E-state index in [4.69, 9.17) is 0 Å². The van der Waals surface area contributed by atoms with E-state index in [0.717, 1.165) is 45.7 Å². The first kappa shape index (κ1) is 21.2. The van der Waals surface area contributed by atoms with E-state index in [-0.39, 0.29) is 11.5 Å². The maximum absolute atomic E-state index is 13.6. The minimum Gasteiger partial charge on any atom is -0.340 e. The van der Waals surface area contributed by atoms with Gasteiger partial charge >= 0.3 is 0 Å². The minimum absolute atomic E-state index is 0.0770. The average molecular weight is 454 g/mol. The van der Waals surface area contributed by atoms with E-state index in [0.29, 0.717) is 5.16 Å². The van der Waals surface area contributed by atoms with Crippen LogP contribution in [0.5, 0.6) is 0 Å². The van der Waals surface area contributed by atoms with Gasteiger partial charge in [0.05, 0.1) is 17.0 Å². The second-order valence-corrected chi connectivity index (χ2v) is 8.61. The third-order valence-corrected chi connectivity index (χ3v) is 6.72. The van der Waals surface area contributed by atoms with Crippen molar-refractivity contribution in [1.82, 2.24) is 24.3 Å². The van der Waals surface area contributed by atoms with Gasteiger partial charge in [-0.1, -0.05) is 60.3 Å². The molecule has 2 aromatic carbocycles. The molecule has 5 rings (SSSR count). The molecule has 0 saturated carbocycles. The molecule has 3 aromatic heterocycles. The summed E-state index contributed by atoms with van der Waals surface area (Å²) in [5.74, 6) is 1.08. The van der Waals surface area contributed by atoms with E-state index >= 15 is 0 Å².